The lowest BCUT2D eigenvalue weighted by Crippen LogP contribution is -2.90. The summed E-state index contributed by atoms with van der Waals surface area (Å²) in [7, 11) is 0. The summed E-state index contributed by atoms with van der Waals surface area (Å²) < 4.78 is 10.7. The van der Waals surface area contributed by atoms with Crippen LogP contribution in [-0.2, 0) is 16.1 Å². The molecule has 23 heavy (non-hydrogen) atoms. The maximum atomic E-state index is 12.5. The van der Waals surface area contributed by atoms with E-state index in [1.807, 2.05) is 18.3 Å². The van der Waals surface area contributed by atoms with Crippen molar-refractivity contribution in [1.29, 1.82) is 0 Å². The van der Waals surface area contributed by atoms with Gasteiger partial charge in [-0.05, 0) is 31.2 Å². The Balaban J connectivity index is 1.72. The van der Waals surface area contributed by atoms with Crippen LogP contribution in [-0.4, -0.2) is 24.5 Å². The fourth-order valence-electron chi connectivity index (χ4n) is 2.68. The SMILES string of the molecule is CCOc1cccc(N2C(=O)C[C@@H]([NH2+]Cc3ccco3)C2=O)c1. The molecule has 6 heteroatoms. The molecule has 0 unspecified atom stereocenters. The first-order chi connectivity index (χ1) is 11.2. The van der Waals surface area contributed by atoms with Crippen LogP contribution in [0.15, 0.2) is 47.1 Å². The van der Waals surface area contributed by atoms with Gasteiger partial charge in [-0.25, -0.2) is 4.90 Å². The summed E-state index contributed by atoms with van der Waals surface area (Å²) in [5, 5.41) is 1.84. The van der Waals surface area contributed by atoms with Gasteiger partial charge in [0.15, 0.2) is 11.8 Å². The van der Waals surface area contributed by atoms with Crippen molar-refractivity contribution in [3.8, 4) is 5.75 Å². The number of benzene rings is 1. The van der Waals surface area contributed by atoms with Gasteiger partial charge in [0.25, 0.3) is 5.91 Å². The predicted octanol–water partition coefficient (Wildman–Crippen LogP) is 1.07. The van der Waals surface area contributed by atoms with Gasteiger partial charge in [-0.1, -0.05) is 6.07 Å². The van der Waals surface area contributed by atoms with Gasteiger partial charge in [0.1, 0.15) is 12.3 Å². The Hall–Kier alpha value is -2.60. The topological polar surface area (TPSA) is 76.4 Å². The quantitative estimate of drug-likeness (QED) is 0.809. The Morgan fingerprint density at radius 3 is 2.91 bits per heavy atom. The number of nitrogens with two attached hydrogens (primary N) is 1. The van der Waals surface area contributed by atoms with Gasteiger partial charge in [-0.15, -0.1) is 0 Å². The van der Waals surface area contributed by atoms with E-state index in [0.717, 1.165) is 5.76 Å². The zero-order valence-electron chi connectivity index (χ0n) is 12.9. The molecule has 120 valence electrons. The molecule has 0 bridgehead atoms. The zero-order chi connectivity index (χ0) is 16.2. The van der Waals surface area contributed by atoms with Crippen molar-refractivity contribution in [3.05, 3.63) is 48.4 Å². The number of nitrogens with zero attached hydrogens (tertiary/aromatic N) is 1. The van der Waals surface area contributed by atoms with Crippen LogP contribution in [0.5, 0.6) is 5.75 Å². The summed E-state index contributed by atoms with van der Waals surface area (Å²) in [5.74, 6) is 1.04. The van der Waals surface area contributed by atoms with E-state index in [-0.39, 0.29) is 18.2 Å². The number of furan rings is 1. The smallest absolute Gasteiger partial charge is 0.292 e. The number of carbonyl (C=O) groups excluding carboxylic acids is 2. The highest BCUT2D eigenvalue weighted by molar-refractivity contribution is 6.21. The molecule has 0 spiro atoms. The third-order valence-corrected chi connectivity index (χ3v) is 3.75. The molecule has 0 aliphatic carbocycles. The van der Waals surface area contributed by atoms with Crippen molar-refractivity contribution < 1.29 is 24.1 Å². The molecular weight excluding hydrogens is 296 g/mol. The standard InChI is InChI=1S/C17H18N2O4/c1-2-22-13-6-3-5-12(9-13)19-16(20)10-15(17(19)21)18-11-14-7-4-8-23-14/h3-9,15,18H,2,10-11H2,1H3/p+1/t15-/m1/s1. The first kappa shape index (κ1) is 15.3. The molecule has 1 aromatic carbocycles. The highest BCUT2D eigenvalue weighted by Crippen LogP contribution is 2.25. The summed E-state index contributed by atoms with van der Waals surface area (Å²) in [4.78, 5) is 26.0. The number of hydrogen-bond acceptors (Lipinski definition) is 4. The average molecular weight is 315 g/mol. The molecule has 2 amide bonds. The summed E-state index contributed by atoms with van der Waals surface area (Å²) in [6.07, 6.45) is 1.79. The van der Waals surface area contributed by atoms with Crippen LogP contribution in [0.3, 0.4) is 0 Å². The van der Waals surface area contributed by atoms with E-state index in [1.54, 1.807) is 36.6 Å². The predicted molar refractivity (Wildman–Crippen MR) is 82.8 cm³/mol. The van der Waals surface area contributed by atoms with Gasteiger partial charge < -0.3 is 14.5 Å². The molecule has 6 nitrogen and oxygen atoms in total. The second kappa shape index (κ2) is 6.66. The van der Waals surface area contributed by atoms with Crippen LogP contribution in [0.1, 0.15) is 19.1 Å². The van der Waals surface area contributed by atoms with Gasteiger partial charge in [-0.3, -0.25) is 9.59 Å². The number of imide groups is 1. The van der Waals surface area contributed by atoms with Crippen molar-refractivity contribution in [2.24, 2.45) is 0 Å². The number of ether oxygens (including phenoxy) is 1. The number of amides is 2. The van der Waals surface area contributed by atoms with E-state index < -0.39 is 6.04 Å². The Labute approximate surface area is 134 Å². The van der Waals surface area contributed by atoms with Crippen LogP contribution in [0.25, 0.3) is 0 Å². The minimum Gasteiger partial charge on any atom is -0.494 e. The van der Waals surface area contributed by atoms with E-state index in [2.05, 4.69) is 0 Å². The summed E-state index contributed by atoms with van der Waals surface area (Å²) in [5.41, 5.74) is 0.555. The maximum Gasteiger partial charge on any atom is 0.292 e. The van der Waals surface area contributed by atoms with Crippen molar-refractivity contribution in [1.82, 2.24) is 0 Å². The highest BCUT2D eigenvalue weighted by atomic mass is 16.5. The number of carbonyl (C=O) groups is 2. The van der Waals surface area contributed by atoms with Gasteiger partial charge >= 0.3 is 0 Å². The number of hydrogen-bond donors (Lipinski definition) is 1. The molecule has 1 saturated heterocycles. The largest absolute Gasteiger partial charge is 0.494 e. The zero-order valence-corrected chi connectivity index (χ0v) is 12.9. The van der Waals surface area contributed by atoms with E-state index in [1.165, 1.54) is 4.90 Å². The van der Waals surface area contributed by atoms with Crippen LogP contribution in [0.4, 0.5) is 5.69 Å². The fourth-order valence-corrected chi connectivity index (χ4v) is 2.68. The molecule has 0 radical (unpaired) electrons. The lowest BCUT2D eigenvalue weighted by molar-refractivity contribution is -0.691. The summed E-state index contributed by atoms with van der Waals surface area (Å²) >= 11 is 0. The molecule has 1 atom stereocenters. The Morgan fingerprint density at radius 2 is 2.17 bits per heavy atom. The van der Waals surface area contributed by atoms with Gasteiger partial charge in [0.05, 0.1) is 25.0 Å². The van der Waals surface area contributed by atoms with E-state index in [4.69, 9.17) is 9.15 Å². The van der Waals surface area contributed by atoms with E-state index in [0.29, 0.717) is 24.6 Å². The van der Waals surface area contributed by atoms with Gasteiger partial charge in [0.2, 0.25) is 5.91 Å². The van der Waals surface area contributed by atoms with Crippen LogP contribution in [0, 0.1) is 0 Å². The van der Waals surface area contributed by atoms with E-state index in [9.17, 15) is 9.59 Å². The minimum atomic E-state index is -0.414. The van der Waals surface area contributed by atoms with Gasteiger partial charge in [-0.2, -0.15) is 0 Å². The van der Waals surface area contributed by atoms with Crippen LogP contribution < -0.4 is 15.0 Å². The molecular formula is C17H19N2O4+. The second-order valence-corrected chi connectivity index (χ2v) is 5.33. The van der Waals surface area contributed by atoms with E-state index >= 15 is 0 Å². The molecule has 2 heterocycles. The van der Waals surface area contributed by atoms with Crippen LogP contribution in [0.2, 0.25) is 0 Å². The Bertz CT molecular complexity index is 696. The maximum absolute atomic E-state index is 12.5. The average Bonchev–Trinajstić information content (AvgIpc) is 3.14. The van der Waals surface area contributed by atoms with Crippen molar-refractivity contribution in [2.75, 3.05) is 11.5 Å². The van der Waals surface area contributed by atoms with Crippen molar-refractivity contribution >= 4 is 17.5 Å². The first-order valence-corrected chi connectivity index (χ1v) is 7.64. The van der Waals surface area contributed by atoms with Gasteiger partial charge in [0, 0.05) is 6.07 Å². The second-order valence-electron chi connectivity index (χ2n) is 5.33. The molecule has 2 aromatic rings. The first-order valence-electron chi connectivity index (χ1n) is 7.64. The number of anilines is 1. The molecule has 3 rings (SSSR count). The summed E-state index contributed by atoms with van der Waals surface area (Å²) in [6.45, 7) is 2.95. The van der Waals surface area contributed by atoms with Crippen molar-refractivity contribution in [3.63, 3.8) is 0 Å². The fraction of sp³-hybridized carbons (Fsp3) is 0.294. The Morgan fingerprint density at radius 1 is 1.30 bits per heavy atom. The molecule has 1 aliphatic heterocycles. The lowest BCUT2D eigenvalue weighted by atomic mass is 10.2. The molecule has 0 saturated carbocycles. The monoisotopic (exact) mass is 315 g/mol. The third kappa shape index (κ3) is 3.27. The molecule has 1 fully saturated rings. The molecule has 1 aromatic heterocycles. The number of rotatable bonds is 6. The summed E-state index contributed by atoms with van der Waals surface area (Å²) in [6, 6.07) is 10.3. The molecule has 2 N–H and O–H groups in total. The highest BCUT2D eigenvalue weighted by Gasteiger charge is 2.42. The van der Waals surface area contributed by atoms with Crippen LogP contribution >= 0.6 is 0 Å². The normalized spacial score (nSPS) is 17.8. The third-order valence-electron chi connectivity index (χ3n) is 3.75. The molecule has 1 aliphatic rings. The lowest BCUT2D eigenvalue weighted by Gasteiger charge is -2.15. The Kier molecular flexibility index (Phi) is 4.43. The minimum absolute atomic E-state index is 0.190. The number of quaternary nitrogens is 1. The van der Waals surface area contributed by atoms with Crippen molar-refractivity contribution in [2.45, 2.75) is 25.9 Å².